The molecule has 208 valence electrons. The van der Waals surface area contributed by atoms with Crippen molar-refractivity contribution in [3.8, 4) is 17.0 Å². The Morgan fingerprint density at radius 2 is 1.66 bits per heavy atom. The van der Waals surface area contributed by atoms with Crippen LogP contribution in [0.25, 0.3) is 22.2 Å². The SMILES string of the molecule is COCCNC(=O)c1nc(-c2ccc(CO)cc2)c2cc(Cc3ccc(F)cc3)cnc2c1OCc1ccccc1. The Morgan fingerprint density at radius 3 is 2.37 bits per heavy atom. The monoisotopic (exact) mass is 551 g/mol. The number of methoxy groups -OCH3 is 1. The lowest BCUT2D eigenvalue weighted by Gasteiger charge is -2.17. The van der Waals surface area contributed by atoms with Gasteiger partial charge in [-0.2, -0.15) is 0 Å². The Bertz CT molecular complexity index is 1630. The average molecular weight is 552 g/mol. The highest BCUT2D eigenvalue weighted by Gasteiger charge is 2.23. The largest absolute Gasteiger partial charge is 0.484 e. The smallest absolute Gasteiger partial charge is 0.273 e. The molecule has 8 heteroatoms. The average Bonchev–Trinajstić information content (AvgIpc) is 3.01. The minimum Gasteiger partial charge on any atom is -0.484 e. The number of hydrogen-bond donors (Lipinski definition) is 2. The lowest BCUT2D eigenvalue weighted by atomic mass is 10.00. The molecule has 0 saturated carbocycles. The van der Waals surface area contributed by atoms with E-state index in [2.05, 4.69) is 5.32 Å². The molecule has 0 saturated heterocycles. The number of hydrogen-bond acceptors (Lipinski definition) is 6. The summed E-state index contributed by atoms with van der Waals surface area (Å²) in [6.45, 7) is 0.786. The third-order valence-electron chi connectivity index (χ3n) is 6.62. The molecular formula is C33H30FN3O4. The Labute approximate surface area is 237 Å². The topological polar surface area (TPSA) is 93.6 Å². The van der Waals surface area contributed by atoms with Crippen LogP contribution in [-0.4, -0.2) is 41.2 Å². The fraction of sp³-hybridized carbons (Fsp3) is 0.182. The number of pyridine rings is 2. The van der Waals surface area contributed by atoms with E-state index in [0.29, 0.717) is 36.2 Å². The fourth-order valence-electron chi connectivity index (χ4n) is 4.50. The number of nitrogens with zero attached hydrogens (tertiary/aromatic N) is 2. The first-order chi connectivity index (χ1) is 20.1. The quantitative estimate of drug-likeness (QED) is 0.211. The van der Waals surface area contributed by atoms with Crippen molar-refractivity contribution in [3.63, 3.8) is 0 Å². The van der Waals surface area contributed by atoms with Crippen LogP contribution in [-0.2, 0) is 24.4 Å². The van der Waals surface area contributed by atoms with Crippen LogP contribution in [0.5, 0.6) is 5.75 Å². The molecule has 1 amide bonds. The molecule has 0 bridgehead atoms. The van der Waals surface area contributed by atoms with E-state index in [0.717, 1.165) is 27.8 Å². The van der Waals surface area contributed by atoms with E-state index in [1.807, 2.05) is 60.7 Å². The summed E-state index contributed by atoms with van der Waals surface area (Å²) in [5, 5.41) is 13.1. The summed E-state index contributed by atoms with van der Waals surface area (Å²) in [5.41, 5.74) is 5.45. The summed E-state index contributed by atoms with van der Waals surface area (Å²) < 4.78 is 24.8. The molecule has 0 aliphatic rings. The summed E-state index contributed by atoms with van der Waals surface area (Å²) in [5.74, 6) is -0.417. The number of amides is 1. The van der Waals surface area contributed by atoms with Gasteiger partial charge in [0.2, 0.25) is 0 Å². The zero-order chi connectivity index (χ0) is 28.6. The minimum atomic E-state index is -0.405. The van der Waals surface area contributed by atoms with Crippen LogP contribution < -0.4 is 10.1 Å². The number of carbonyl (C=O) groups excluding carboxylic acids is 1. The van der Waals surface area contributed by atoms with E-state index in [-0.39, 0.29) is 30.5 Å². The molecule has 0 unspecified atom stereocenters. The van der Waals surface area contributed by atoms with E-state index < -0.39 is 5.91 Å². The Morgan fingerprint density at radius 1 is 0.927 bits per heavy atom. The van der Waals surface area contributed by atoms with E-state index in [1.165, 1.54) is 12.1 Å². The molecule has 7 nitrogen and oxygen atoms in total. The van der Waals surface area contributed by atoms with Gasteiger partial charge in [-0.1, -0.05) is 66.7 Å². The number of fused-ring (bicyclic) bond motifs is 1. The van der Waals surface area contributed by atoms with Gasteiger partial charge < -0.3 is 19.9 Å². The molecule has 0 aliphatic heterocycles. The molecule has 3 aromatic carbocycles. The van der Waals surface area contributed by atoms with E-state index in [1.54, 1.807) is 25.4 Å². The Hall–Kier alpha value is -4.66. The maximum atomic E-state index is 13.5. The molecule has 0 fully saturated rings. The molecule has 2 aromatic heterocycles. The normalized spacial score (nSPS) is 11.0. The molecule has 0 atom stereocenters. The van der Waals surface area contributed by atoms with E-state index >= 15 is 0 Å². The zero-order valence-electron chi connectivity index (χ0n) is 22.6. The van der Waals surface area contributed by atoms with Crippen molar-refractivity contribution in [1.29, 1.82) is 0 Å². The first kappa shape index (κ1) is 27.9. The highest BCUT2D eigenvalue weighted by Crippen LogP contribution is 2.36. The molecule has 5 rings (SSSR count). The van der Waals surface area contributed by atoms with E-state index in [9.17, 15) is 14.3 Å². The predicted octanol–water partition coefficient (Wildman–Crippen LogP) is 5.47. The fourth-order valence-corrected chi connectivity index (χ4v) is 4.50. The number of aliphatic hydroxyl groups is 1. The summed E-state index contributed by atoms with van der Waals surface area (Å²) in [6, 6.07) is 25.3. The maximum absolute atomic E-state index is 13.5. The first-order valence-corrected chi connectivity index (χ1v) is 13.3. The summed E-state index contributed by atoms with van der Waals surface area (Å²) >= 11 is 0. The van der Waals surface area contributed by atoms with Crippen LogP contribution in [0.1, 0.15) is 32.7 Å². The zero-order valence-corrected chi connectivity index (χ0v) is 22.6. The van der Waals surface area contributed by atoms with Gasteiger partial charge in [-0.3, -0.25) is 9.78 Å². The van der Waals surface area contributed by atoms with Gasteiger partial charge in [0, 0.05) is 30.8 Å². The van der Waals surface area contributed by atoms with Crippen molar-refractivity contribution in [2.24, 2.45) is 0 Å². The van der Waals surface area contributed by atoms with Gasteiger partial charge in [0.15, 0.2) is 11.4 Å². The Kier molecular flexibility index (Phi) is 8.93. The third kappa shape index (κ3) is 6.74. The molecular weight excluding hydrogens is 521 g/mol. The third-order valence-corrected chi connectivity index (χ3v) is 6.62. The molecule has 5 aromatic rings. The Balaban J connectivity index is 1.65. The molecule has 0 radical (unpaired) electrons. The van der Waals surface area contributed by atoms with Gasteiger partial charge in [-0.25, -0.2) is 9.37 Å². The van der Waals surface area contributed by atoms with Gasteiger partial charge in [0.25, 0.3) is 5.91 Å². The minimum absolute atomic E-state index is 0.0861. The number of halogens is 1. The van der Waals surface area contributed by atoms with Crippen molar-refractivity contribution in [2.75, 3.05) is 20.3 Å². The second kappa shape index (κ2) is 13.1. The van der Waals surface area contributed by atoms with Gasteiger partial charge >= 0.3 is 0 Å². The van der Waals surface area contributed by atoms with Gasteiger partial charge in [-0.15, -0.1) is 0 Å². The van der Waals surface area contributed by atoms with Crippen molar-refractivity contribution in [3.05, 3.63) is 125 Å². The second-order valence-corrected chi connectivity index (χ2v) is 9.56. The number of carbonyl (C=O) groups is 1. The van der Waals surface area contributed by atoms with Crippen LogP contribution in [0.4, 0.5) is 4.39 Å². The van der Waals surface area contributed by atoms with Gasteiger partial charge in [0.1, 0.15) is 17.9 Å². The number of rotatable bonds is 11. The van der Waals surface area contributed by atoms with Crippen molar-refractivity contribution in [2.45, 2.75) is 19.6 Å². The number of aromatic nitrogens is 2. The van der Waals surface area contributed by atoms with Crippen LogP contribution in [0, 0.1) is 5.82 Å². The molecule has 2 N–H and O–H groups in total. The second-order valence-electron chi connectivity index (χ2n) is 9.56. The van der Waals surface area contributed by atoms with Crippen LogP contribution in [0.15, 0.2) is 91.1 Å². The van der Waals surface area contributed by atoms with Crippen molar-refractivity contribution < 1.29 is 23.8 Å². The highest BCUT2D eigenvalue weighted by molar-refractivity contribution is 6.05. The highest BCUT2D eigenvalue weighted by atomic mass is 19.1. The first-order valence-electron chi connectivity index (χ1n) is 13.3. The van der Waals surface area contributed by atoms with Gasteiger partial charge in [-0.05, 0) is 46.9 Å². The molecule has 0 aliphatic carbocycles. The summed E-state index contributed by atoms with van der Waals surface area (Å²) in [4.78, 5) is 23.0. The lowest BCUT2D eigenvalue weighted by Crippen LogP contribution is -2.28. The summed E-state index contributed by atoms with van der Waals surface area (Å²) in [7, 11) is 1.57. The van der Waals surface area contributed by atoms with E-state index in [4.69, 9.17) is 19.4 Å². The van der Waals surface area contributed by atoms with Crippen molar-refractivity contribution in [1.82, 2.24) is 15.3 Å². The van der Waals surface area contributed by atoms with Gasteiger partial charge in [0.05, 0.1) is 18.9 Å². The number of aliphatic hydroxyl groups excluding tert-OH is 1. The molecule has 0 spiro atoms. The maximum Gasteiger partial charge on any atom is 0.273 e. The van der Waals surface area contributed by atoms with Crippen LogP contribution >= 0.6 is 0 Å². The summed E-state index contributed by atoms with van der Waals surface area (Å²) in [6.07, 6.45) is 2.28. The number of benzene rings is 3. The number of ether oxygens (including phenoxy) is 2. The standard InChI is InChI=1S/C33H30FN3O4/c1-40-16-15-35-33(39)31-32(41-21-24-5-3-2-4-6-24)30-28(29(37-31)26-11-7-23(20-38)8-12-26)18-25(19-36-30)17-22-9-13-27(34)14-10-22/h2-14,18-19,38H,15-17,20-21H2,1H3,(H,35,39). The predicted molar refractivity (Wildman–Crippen MR) is 155 cm³/mol. The van der Waals surface area contributed by atoms with Crippen LogP contribution in [0.2, 0.25) is 0 Å². The van der Waals surface area contributed by atoms with Crippen molar-refractivity contribution >= 4 is 16.8 Å². The number of nitrogens with one attached hydrogen (secondary N) is 1. The molecule has 41 heavy (non-hydrogen) atoms. The lowest BCUT2D eigenvalue weighted by molar-refractivity contribution is 0.0927. The molecule has 2 heterocycles. The van der Waals surface area contributed by atoms with Crippen LogP contribution in [0.3, 0.4) is 0 Å².